The van der Waals surface area contributed by atoms with Crippen molar-refractivity contribution in [3.8, 4) is 0 Å². The normalized spacial score (nSPS) is 17.4. The lowest BCUT2D eigenvalue weighted by Gasteiger charge is -2.47. The van der Waals surface area contributed by atoms with E-state index < -0.39 is 120 Å². The van der Waals surface area contributed by atoms with Crippen molar-refractivity contribution in [3.63, 3.8) is 0 Å². The van der Waals surface area contributed by atoms with Gasteiger partial charge in [0.05, 0.1) is 48.8 Å². The maximum absolute atomic E-state index is 15.7. The van der Waals surface area contributed by atoms with Gasteiger partial charge in [-0.3, -0.25) is 53.0 Å². The first kappa shape index (κ1) is 78.5. The van der Waals surface area contributed by atoms with Crippen LogP contribution < -0.4 is 37.6 Å². The van der Waals surface area contributed by atoms with Crippen LogP contribution in [0.3, 0.4) is 0 Å². The SMILES string of the molecule is CC[C@H](C)[C@@H]([C@@H](CC(=O)N1CCC[C@H]1[C@H](OC)[C@@H](C)C(=O)N[C@H](C)[C@@H](O)c1ccccc1)OC)N(C(=O)[C@H](C(C)C)N(C)C(=O)OCc1ccc(NC(=O)[C@H](CCCNC(N)=O)NC(=O)[C@@H](NC(=O)CCCCCN2C(=O)C=CC2=O)C(C)C)cc1)[C@H](C(=O)NC)C(C)C. The van der Waals surface area contributed by atoms with Crippen LogP contribution in [-0.4, -0.2) is 192 Å². The number of hydrogen-bond acceptors (Lipinski definition) is 15. The topological polar surface area (TPSA) is 347 Å². The maximum Gasteiger partial charge on any atom is 0.410 e. The van der Waals surface area contributed by atoms with E-state index in [9.17, 15) is 53.1 Å². The van der Waals surface area contributed by atoms with Crippen LogP contribution in [0.1, 0.15) is 151 Å². The number of carbonyl (C=O) groups is 11. The summed E-state index contributed by atoms with van der Waals surface area (Å²) in [7, 11) is 5.88. The molecule has 9 N–H and O–H groups in total. The lowest BCUT2D eigenvalue weighted by atomic mass is 9.85. The van der Waals surface area contributed by atoms with E-state index >= 15 is 4.79 Å². The number of aliphatic hydroxyl groups excluding tert-OH is 1. The van der Waals surface area contributed by atoms with E-state index in [1.807, 2.05) is 45.9 Å². The maximum atomic E-state index is 15.7. The van der Waals surface area contributed by atoms with E-state index in [2.05, 4.69) is 31.9 Å². The molecule has 2 aliphatic rings. The number of benzene rings is 2. The Balaban J connectivity index is 1.50. The first-order chi connectivity index (χ1) is 44.5. The van der Waals surface area contributed by atoms with Crippen molar-refractivity contribution >= 4 is 71.0 Å². The summed E-state index contributed by atoms with van der Waals surface area (Å²) < 4.78 is 18.1. The third-order valence-corrected chi connectivity index (χ3v) is 17.7. The van der Waals surface area contributed by atoms with Gasteiger partial charge in [0.1, 0.15) is 30.8 Å². The number of urea groups is 1. The second kappa shape index (κ2) is 38.4. The fourth-order valence-electron chi connectivity index (χ4n) is 12.3. The number of nitrogens with one attached hydrogen (secondary N) is 6. The van der Waals surface area contributed by atoms with Gasteiger partial charge < -0.3 is 66.8 Å². The summed E-state index contributed by atoms with van der Waals surface area (Å²) in [5, 5.41) is 27.5. The van der Waals surface area contributed by atoms with Crippen molar-refractivity contribution in [2.45, 2.75) is 201 Å². The minimum atomic E-state index is -1.19. The van der Waals surface area contributed by atoms with E-state index in [1.54, 1.807) is 82.8 Å². The molecule has 0 saturated carbocycles. The summed E-state index contributed by atoms with van der Waals surface area (Å²) in [5.74, 6) is -6.53. The summed E-state index contributed by atoms with van der Waals surface area (Å²) in [4.78, 5) is 154. The fourth-order valence-corrected chi connectivity index (χ4v) is 12.3. The van der Waals surface area contributed by atoms with Gasteiger partial charge in [-0.15, -0.1) is 0 Å². The Bertz CT molecular complexity index is 2880. The molecule has 0 aromatic heterocycles. The Morgan fingerprint density at radius 2 is 1.38 bits per heavy atom. The molecule has 0 radical (unpaired) electrons. The minimum absolute atomic E-state index is 0.0740. The molecular formula is C68H105N11O15. The number of carbonyl (C=O) groups excluding carboxylic acids is 11. The number of rotatable bonds is 38. The van der Waals surface area contributed by atoms with Crippen LogP contribution in [0.2, 0.25) is 0 Å². The second-order valence-corrected chi connectivity index (χ2v) is 25.6. The standard InChI is InChI=1S/C68H105N11O15/c1-15-43(8)59(51(92-13)38-55(83)77-37-23-27-50(77)61(93-14)44(9)62(85)72-45(10)60(84)47-24-18-16-19-25-47)79(57(41(4)5)65(88)70-11)66(89)58(42(6)7)76(12)68(91)94-39-46-29-31-48(32-30-46)73-63(86)49(26-22-35-71-67(69)90)74-64(87)56(40(2)3)75-52(80)28-20-17-21-36-78-53(81)33-34-54(78)82/h16,18-19,24-25,29-34,40-45,49-51,56-61,84H,15,17,20-23,26-28,35-39H2,1-14H3,(H,70,88)(H,72,85)(H,73,86)(H,74,87)(H,75,80)(H3,69,71,90)/t43-,44+,45+,49-,50-,51+,56-,57-,58-,59-,60+,61+/m0/s1. The van der Waals surface area contributed by atoms with Gasteiger partial charge in [0.2, 0.25) is 41.4 Å². The Hall–Kier alpha value is -7.97. The molecular weight excluding hydrogens is 1210 g/mol. The molecule has 12 atom stereocenters. The van der Waals surface area contributed by atoms with E-state index in [4.69, 9.17) is 19.9 Å². The zero-order valence-corrected chi connectivity index (χ0v) is 57.4. The Morgan fingerprint density at radius 1 is 0.745 bits per heavy atom. The van der Waals surface area contributed by atoms with Gasteiger partial charge in [-0.05, 0) is 92.4 Å². The number of methoxy groups -OCH3 is 2. The van der Waals surface area contributed by atoms with Gasteiger partial charge in [0.15, 0.2) is 0 Å². The molecule has 0 aliphatic carbocycles. The Kier molecular flexibility index (Phi) is 32.1. The Labute approximate surface area is 554 Å². The predicted molar refractivity (Wildman–Crippen MR) is 353 cm³/mol. The molecule has 0 bridgehead atoms. The smallest absolute Gasteiger partial charge is 0.410 e. The number of anilines is 1. The zero-order valence-electron chi connectivity index (χ0n) is 57.4. The molecule has 2 aliphatic heterocycles. The van der Waals surface area contributed by atoms with Crippen LogP contribution in [0.25, 0.3) is 0 Å². The molecule has 522 valence electrons. The average Bonchev–Trinajstić information content (AvgIpc) is 0.910. The highest BCUT2D eigenvalue weighted by molar-refractivity contribution is 6.12. The van der Waals surface area contributed by atoms with Crippen LogP contribution in [0, 0.1) is 29.6 Å². The first-order valence-electron chi connectivity index (χ1n) is 32.9. The fraction of sp³-hybridized carbons (Fsp3) is 0.632. The molecule has 94 heavy (non-hydrogen) atoms. The van der Waals surface area contributed by atoms with Crippen LogP contribution in [-0.2, 0) is 64.0 Å². The summed E-state index contributed by atoms with van der Waals surface area (Å²) >= 11 is 0. The number of aliphatic hydroxyl groups is 1. The molecule has 26 heteroatoms. The number of likely N-dealkylation sites (N-methyl/N-ethyl adjacent to an activating group) is 2. The average molecular weight is 1320 g/mol. The summed E-state index contributed by atoms with van der Waals surface area (Å²) in [6, 6.07) is 8.17. The number of likely N-dealkylation sites (tertiary alicyclic amines) is 1. The van der Waals surface area contributed by atoms with E-state index in [0.717, 1.165) is 4.90 Å². The van der Waals surface area contributed by atoms with E-state index in [1.165, 1.54) is 50.3 Å². The number of primary amides is 1. The number of amides is 12. The number of imide groups is 1. The van der Waals surface area contributed by atoms with Crippen molar-refractivity contribution in [2.24, 2.45) is 35.3 Å². The van der Waals surface area contributed by atoms with E-state index in [-0.39, 0.29) is 80.8 Å². The van der Waals surface area contributed by atoms with Crippen LogP contribution in [0.5, 0.6) is 0 Å². The number of ether oxygens (including phenoxy) is 3. The molecule has 1 saturated heterocycles. The number of nitrogens with zero attached hydrogens (tertiary/aromatic N) is 4. The molecule has 0 spiro atoms. The predicted octanol–water partition coefficient (Wildman–Crippen LogP) is 5.08. The number of hydrogen-bond donors (Lipinski definition) is 8. The third-order valence-electron chi connectivity index (χ3n) is 17.7. The second-order valence-electron chi connectivity index (χ2n) is 25.6. The molecule has 4 rings (SSSR count). The summed E-state index contributed by atoms with van der Waals surface area (Å²) in [6.45, 7) is 18.4. The highest BCUT2D eigenvalue weighted by Crippen LogP contribution is 2.33. The van der Waals surface area contributed by atoms with Gasteiger partial charge >= 0.3 is 12.1 Å². The van der Waals surface area contributed by atoms with Crippen molar-refractivity contribution in [2.75, 3.05) is 53.3 Å². The van der Waals surface area contributed by atoms with Gasteiger partial charge in [0, 0.05) is 72.2 Å². The molecule has 2 aromatic rings. The summed E-state index contributed by atoms with van der Waals surface area (Å²) in [6.07, 6.45) is 2.28. The highest BCUT2D eigenvalue weighted by Gasteiger charge is 2.48. The van der Waals surface area contributed by atoms with Crippen molar-refractivity contribution < 1.29 is 72.1 Å². The molecule has 26 nitrogen and oxygen atoms in total. The Morgan fingerprint density at radius 3 is 1.95 bits per heavy atom. The van der Waals surface area contributed by atoms with E-state index in [0.29, 0.717) is 61.9 Å². The van der Waals surface area contributed by atoms with Gasteiger partial charge in [-0.25, -0.2) is 9.59 Å². The van der Waals surface area contributed by atoms with Crippen molar-refractivity contribution in [1.82, 2.24) is 46.2 Å². The highest BCUT2D eigenvalue weighted by atomic mass is 16.6. The minimum Gasteiger partial charge on any atom is -0.445 e. The van der Waals surface area contributed by atoms with Crippen LogP contribution in [0.15, 0.2) is 66.7 Å². The molecule has 2 aromatic carbocycles. The molecule has 2 heterocycles. The first-order valence-corrected chi connectivity index (χ1v) is 32.9. The molecule has 12 amide bonds. The largest absolute Gasteiger partial charge is 0.445 e. The third kappa shape index (κ3) is 22.3. The molecule has 0 unspecified atom stereocenters. The van der Waals surface area contributed by atoms with Crippen molar-refractivity contribution in [1.29, 1.82) is 0 Å². The zero-order chi connectivity index (χ0) is 70.1. The number of unbranched alkanes of at least 4 members (excludes halogenated alkanes) is 2. The van der Waals surface area contributed by atoms with Crippen LogP contribution >= 0.6 is 0 Å². The van der Waals surface area contributed by atoms with Crippen molar-refractivity contribution in [3.05, 3.63) is 77.9 Å². The van der Waals surface area contributed by atoms with Gasteiger partial charge in [0.25, 0.3) is 11.8 Å². The number of nitrogens with two attached hydrogens (primary N) is 1. The lowest BCUT2D eigenvalue weighted by molar-refractivity contribution is -0.158. The quantitative estimate of drug-likeness (QED) is 0.0321. The lowest BCUT2D eigenvalue weighted by Crippen LogP contribution is -2.65. The van der Waals surface area contributed by atoms with Gasteiger partial charge in [-0.2, -0.15) is 0 Å². The summed E-state index contributed by atoms with van der Waals surface area (Å²) in [5.41, 5.74) is 6.74. The monoisotopic (exact) mass is 1320 g/mol. The molecule has 1 fully saturated rings. The van der Waals surface area contributed by atoms with Gasteiger partial charge in [-0.1, -0.05) is 118 Å². The van der Waals surface area contributed by atoms with Crippen LogP contribution in [0.4, 0.5) is 15.3 Å².